The van der Waals surface area contributed by atoms with E-state index in [0.717, 1.165) is 5.56 Å². The molecule has 2 N–H and O–H groups in total. The second kappa shape index (κ2) is 7.88. The molecule has 0 aliphatic carbocycles. The van der Waals surface area contributed by atoms with Gasteiger partial charge in [0.05, 0.1) is 26.5 Å². The van der Waals surface area contributed by atoms with Crippen LogP contribution in [0.4, 0.5) is 15.8 Å². The van der Waals surface area contributed by atoms with Gasteiger partial charge in [-0.1, -0.05) is 11.6 Å². The lowest BCUT2D eigenvalue weighted by Crippen LogP contribution is -2.22. The number of aryl methyl sites for hydroxylation is 1. The van der Waals surface area contributed by atoms with Gasteiger partial charge in [0.2, 0.25) is 5.91 Å². The number of hydrogen-bond donors (Lipinski definition) is 2. The highest BCUT2D eigenvalue weighted by molar-refractivity contribution is 6.31. The molecule has 1 amide bonds. The van der Waals surface area contributed by atoms with Crippen LogP contribution in [0.25, 0.3) is 0 Å². The molecule has 0 atom stereocenters. The van der Waals surface area contributed by atoms with Gasteiger partial charge in [-0.25, -0.2) is 4.39 Å². The van der Waals surface area contributed by atoms with Gasteiger partial charge in [-0.2, -0.15) is 0 Å². The van der Waals surface area contributed by atoms with Crippen molar-refractivity contribution in [1.29, 1.82) is 0 Å². The van der Waals surface area contributed by atoms with E-state index in [0.29, 0.717) is 22.1 Å². The molecule has 0 unspecified atom stereocenters. The van der Waals surface area contributed by atoms with E-state index < -0.39 is 5.82 Å². The van der Waals surface area contributed by atoms with Crippen molar-refractivity contribution >= 4 is 28.9 Å². The van der Waals surface area contributed by atoms with Crippen molar-refractivity contribution in [1.82, 2.24) is 0 Å². The third-order valence-corrected chi connectivity index (χ3v) is 3.77. The van der Waals surface area contributed by atoms with Crippen LogP contribution in [0.3, 0.4) is 0 Å². The Morgan fingerprint density at radius 1 is 1.17 bits per heavy atom. The summed E-state index contributed by atoms with van der Waals surface area (Å²) in [7, 11) is 2.88. The van der Waals surface area contributed by atoms with E-state index in [4.69, 9.17) is 21.1 Å². The smallest absolute Gasteiger partial charge is 0.243 e. The predicted octanol–water partition coefficient (Wildman–Crippen LogP) is 3.86. The summed E-state index contributed by atoms with van der Waals surface area (Å²) in [4.78, 5) is 12.1. The first-order valence-electron chi connectivity index (χ1n) is 7.16. The fraction of sp³-hybridized carbons (Fsp3) is 0.235. The van der Waals surface area contributed by atoms with Gasteiger partial charge in [0, 0.05) is 22.8 Å². The second-order valence-electron chi connectivity index (χ2n) is 5.05. The van der Waals surface area contributed by atoms with E-state index in [1.54, 1.807) is 18.2 Å². The van der Waals surface area contributed by atoms with Gasteiger partial charge in [0.25, 0.3) is 0 Å². The molecule has 0 fully saturated rings. The van der Waals surface area contributed by atoms with Gasteiger partial charge in [0.15, 0.2) is 11.6 Å². The Kier molecular flexibility index (Phi) is 5.87. The van der Waals surface area contributed by atoms with Gasteiger partial charge in [-0.05, 0) is 30.7 Å². The molecule has 128 valence electrons. The molecule has 0 saturated carbocycles. The molecule has 24 heavy (non-hydrogen) atoms. The van der Waals surface area contributed by atoms with Crippen LogP contribution in [0.2, 0.25) is 5.02 Å². The van der Waals surface area contributed by atoms with Crippen LogP contribution in [0.1, 0.15) is 5.56 Å². The molecular weight excluding hydrogens is 335 g/mol. The van der Waals surface area contributed by atoms with Crippen molar-refractivity contribution in [2.24, 2.45) is 0 Å². The SMILES string of the molecule is COc1ccc(NCC(=O)Nc2cc(C)c(Cl)cc2OC)cc1F. The van der Waals surface area contributed by atoms with Crippen LogP contribution in [0.15, 0.2) is 30.3 Å². The number of benzene rings is 2. The van der Waals surface area contributed by atoms with E-state index in [9.17, 15) is 9.18 Å². The molecule has 0 aliphatic rings. The number of carbonyl (C=O) groups is 1. The van der Waals surface area contributed by atoms with Gasteiger partial charge in [0.1, 0.15) is 5.75 Å². The average molecular weight is 353 g/mol. The first-order chi connectivity index (χ1) is 11.4. The van der Waals surface area contributed by atoms with E-state index in [1.807, 2.05) is 6.92 Å². The molecule has 0 bridgehead atoms. The number of carbonyl (C=O) groups excluding carboxylic acids is 1. The number of nitrogens with one attached hydrogen (secondary N) is 2. The van der Waals surface area contributed by atoms with E-state index >= 15 is 0 Å². The predicted molar refractivity (Wildman–Crippen MR) is 92.8 cm³/mol. The molecule has 0 spiro atoms. The first-order valence-corrected chi connectivity index (χ1v) is 7.53. The molecule has 0 saturated heterocycles. The summed E-state index contributed by atoms with van der Waals surface area (Å²) >= 11 is 6.03. The second-order valence-corrected chi connectivity index (χ2v) is 5.46. The highest BCUT2D eigenvalue weighted by atomic mass is 35.5. The molecule has 0 radical (unpaired) electrons. The van der Waals surface area contributed by atoms with Crippen molar-refractivity contribution in [2.45, 2.75) is 6.92 Å². The quantitative estimate of drug-likeness (QED) is 0.829. The lowest BCUT2D eigenvalue weighted by Gasteiger charge is -2.13. The van der Waals surface area contributed by atoms with Crippen LogP contribution < -0.4 is 20.1 Å². The Hall–Kier alpha value is -2.47. The minimum Gasteiger partial charge on any atom is -0.495 e. The topological polar surface area (TPSA) is 59.6 Å². The van der Waals surface area contributed by atoms with Gasteiger partial charge < -0.3 is 20.1 Å². The monoisotopic (exact) mass is 352 g/mol. The molecule has 2 aromatic carbocycles. The molecule has 5 nitrogen and oxygen atoms in total. The third-order valence-electron chi connectivity index (χ3n) is 3.36. The van der Waals surface area contributed by atoms with Gasteiger partial charge >= 0.3 is 0 Å². The van der Waals surface area contributed by atoms with E-state index in [-0.39, 0.29) is 18.2 Å². The number of rotatable bonds is 6. The Balaban J connectivity index is 2.01. The summed E-state index contributed by atoms with van der Waals surface area (Å²) in [5, 5.41) is 6.13. The summed E-state index contributed by atoms with van der Waals surface area (Å²) < 4.78 is 23.7. The Morgan fingerprint density at radius 2 is 1.88 bits per heavy atom. The zero-order valence-corrected chi connectivity index (χ0v) is 14.3. The van der Waals surface area contributed by atoms with Gasteiger partial charge in [-0.15, -0.1) is 0 Å². The molecule has 2 aromatic rings. The Bertz CT molecular complexity index is 753. The zero-order valence-electron chi connectivity index (χ0n) is 13.6. The van der Waals surface area contributed by atoms with Crippen LogP contribution in [0, 0.1) is 12.7 Å². The Labute approximate surface area is 144 Å². The minimum absolute atomic E-state index is 0.0312. The highest BCUT2D eigenvalue weighted by Gasteiger charge is 2.11. The molecule has 0 aromatic heterocycles. The maximum absolute atomic E-state index is 13.6. The standard InChI is InChI=1S/C17H18ClFN2O3/c1-10-6-14(16(24-3)8-12(10)18)21-17(22)9-20-11-4-5-15(23-2)13(19)7-11/h4-8,20H,9H2,1-3H3,(H,21,22). The minimum atomic E-state index is -0.502. The summed E-state index contributed by atoms with van der Waals surface area (Å²) in [5.74, 6) is -0.190. The van der Waals surface area contributed by atoms with Crippen molar-refractivity contribution < 1.29 is 18.7 Å². The number of hydrogen-bond acceptors (Lipinski definition) is 4. The van der Waals surface area contributed by atoms with E-state index in [2.05, 4.69) is 10.6 Å². The van der Waals surface area contributed by atoms with Crippen LogP contribution >= 0.6 is 11.6 Å². The average Bonchev–Trinajstić information content (AvgIpc) is 2.56. The highest BCUT2D eigenvalue weighted by Crippen LogP contribution is 2.30. The third kappa shape index (κ3) is 4.29. The first kappa shape index (κ1) is 17.9. The van der Waals surface area contributed by atoms with Crippen LogP contribution in [-0.2, 0) is 4.79 Å². The number of ether oxygens (including phenoxy) is 2. The molecule has 0 aliphatic heterocycles. The normalized spacial score (nSPS) is 10.2. The number of methoxy groups -OCH3 is 2. The van der Waals surface area contributed by atoms with Crippen LogP contribution in [-0.4, -0.2) is 26.7 Å². The van der Waals surface area contributed by atoms with Crippen molar-refractivity contribution in [2.75, 3.05) is 31.4 Å². The van der Waals surface area contributed by atoms with E-state index in [1.165, 1.54) is 26.4 Å². The van der Waals surface area contributed by atoms with Crippen molar-refractivity contribution in [3.63, 3.8) is 0 Å². The summed E-state index contributed by atoms with van der Waals surface area (Å²) in [6.07, 6.45) is 0. The largest absolute Gasteiger partial charge is 0.495 e. The van der Waals surface area contributed by atoms with Gasteiger partial charge in [-0.3, -0.25) is 4.79 Å². The molecule has 2 rings (SSSR count). The zero-order chi connectivity index (χ0) is 17.7. The molecular formula is C17H18ClFN2O3. The fourth-order valence-corrected chi connectivity index (χ4v) is 2.24. The summed E-state index contributed by atoms with van der Waals surface area (Å²) in [5.41, 5.74) is 1.81. The van der Waals surface area contributed by atoms with Crippen molar-refractivity contribution in [3.8, 4) is 11.5 Å². The molecule has 7 heteroatoms. The maximum Gasteiger partial charge on any atom is 0.243 e. The lowest BCUT2D eigenvalue weighted by molar-refractivity contribution is -0.114. The van der Waals surface area contributed by atoms with Crippen LogP contribution in [0.5, 0.6) is 11.5 Å². The number of amides is 1. The number of halogens is 2. The summed E-state index contributed by atoms with van der Waals surface area (Å²) in [6.45, 7) is 1.80. The summed E-state index contributed by atoms with van der Waals surface area (Å²) in [6, 6.07) is 7.74. The molecule has 0 heterocycles. The Morgan fingerprint density at radius 3 is 2.50 bits per heavy atom. The maximum atomic E-state index is 13.6. The van der Waals surface area contributed by atoms with Crippen molar-refractivity contribution in [3.05, 3.63) is 46.7 Å². The fourth-order valence-electron chi connectivity index (χ4n) is 2.08. The lowest BCUT2D eigenvalue weighted by atomic mass is 10.2. The number of anilines is 2.